The zero-order valence-electron chi connectivity index (χ0n) is 12.5. The number of nitrogens with one attached hydrogen (secondary N) is 1. The van der Waals surface area contributed by atoms with E-state index in [1.54, 1.807) is 0 Å². The predicted octanol–water partition coefficient (Wildman–Crippen LogP) is 4.11. The van der Waals surface area contributed by atoms with Gasteiger partial charge in [0, 0.05) is 5.56 Å². The molecule has 0 saturated heterocycles. The van der Waals surface area contributed by atoms with Crippen LogP contribution in [0.3, 0.4) is 0 Å². The summed E-state index contributed by atoms with van der Waals surface area (Å²) in [5.74, 6) is 2.83. The number of hydrogen-bond donors (Lipinski definition) is 2. The first-order chi connectivity index (χ1) is 12.0. The predicted molar refractivity (Wildman–Crippen MR) is 88.3 cm³/mol. The van der Waals surface area contributed by atoms with Crippen LogP contribution in [0, 0.1) is 23.5 Å². The molecule has 0 aliphatic rings. The first-order valence-corrected chi connectivity index (χ1v) is 7.39. The lowest BCUT2D eigenvalue weighted by Crippen LogP contribution is -1.99. The molecule has 1 heterocycles. The number of aromatic carboxylic acids is 1. The number of nitrogens with zero attached hydrogens (tertiary/aromatic N) is 1. The third kappa shape index (κ3) is 3.52. The average Bonchev–Trinajstić information content (AvgIpc) is 2.99. The van der Waals surface area contributed by atoms with Crippen molar-refractivity contribution in [1.82, 2.24) is 9.97 Å². The molecule has 0 atom stereocenters. The second-order valence-corrected chi connectivity index (χ2v) is 5.37. The van der Waals surface area contributed by atoms with Gasteiger partial charge in [-0.3, -0.25) is 0 Å². The molecule has 0 fully saturated rings. The molecular weight excluding hydrogens is 350 g/mol. The van der Waals surface area contributed by atoms with Gasteiger partial charge in [-0.1, -0.05) is 23.6 Å². The molecule has 0 bridgehead atoms. The maximum Gasteiger partial charge on any atom is 0.354 e. The molecule has 4 nitrogen and oxygen atoms in total. The maximum atomic E-state index is 13.7. The summed E-state index contributed by atoms with van der Waals surface area (Å²) in [6, 6.07) is 9.35. The van der Waals surface area contributed by atoms with Gasteiger partial charge in [-0.05, 0) is 42.3 Å². The number of H-pyrrole nitrogens is 1. The van der Waals surface area contributed by atoms with Crippen molar-refractivity contribution in [1.29, 1.82) is 0 Å². The highest BCUT2D eigenvalue weighted by atomic mass is 35.5. The molecule has 2 N–H and O–H groups in total. The summed E-state index contributed by atoms with van der Waals surface area (Å²) >= 11 is 5.89. The number of imidazole rings is 1. The molecular formula is C18H9ClF2N2O2. The number of aromatic amines is 1. The van der Waals surface area contributed by atoms with Crippen molar-refractivity contribution in [3.63, 3.8) is 0 Å². The van der Waals surface area contributed by atoms with Gasteiger partial charge in [-0.2, -0.15) is 0 Å². The number of aromatic nitrogens is 2. The monoisotopic (exact) mass is 358 g/mol. The van der Waals surface area contributed by atoms with Gasteiger partial charge in [0.2, 0.25) is 0 Å². The summed E-state index contributed by atoms with van der Waals surface area (Å²) in [5, 5.41) is 9.43. The lowest BCUT2D eigenvalue weighted by atomic mass is 10.1. The van der Waals surface area contributed by atoms with Crippen molar-refractivity contribution in [3.8, 4) is 23.1 Å². The summed E-state index contributed by atoms with van der Waals surface area (Å²) in [6.45, 7) is 0. The highest BCUT2D eigenvalue weighted by Gasteiger charge is 2.17. The second kappa shape index (κ2) is 6.75. The van der Waals surface area contributed by atoms with E-state index in [0.717, 1.165) is 0 Å². The van der Waals surface area contributed by atoms with Crippen LogP contribution in [-0.2, 0) is 0 Å². The zero-order valence-corrected chi connectivity index (χ0v) is 13.2. The molecule has 0 saturated carbocycles. The van der Waals surface area contributed by atoms with Crippen molar-refractivity contribution in [2.45, 2.75) is 0 Å². The van der Waals surface area contributed by atoms with Gasteiger partial charge < -0.3 is 10.1 Å². The van der Waals surface area contributed by atoms with E-state index < -0.39 is 17.6 Å². The van der Waals surface area contributed by atoms with Crippen LogP contribution in [-0.4, -0.2) is 21.0 Å². The van der Waals surface area contributed by atoms with Crippen molar-refractivity contribution < 1.29 is 18.7 Å². The van der Waals surface area contributed by atoms with E-state index in [9.17, 15) is 18.7 Å². The Morgan fingerprint density at radius 1 is 1.12 bits per heavy atom. The number of rotatable bonds is 2. The highest BCUT2D eigenvalue weighted by molar-refractivity contribution is 6.31. The Labute approximate surface area is 146 Å². The van der Waals surface area contributed by atoms with Gasteiger partial charge in [0.05, 0.1) is 10.6 Å². The minimum atomic E-state index is -1.25. The fourth-order valence-electron chi connectivity index (χ4n) is 2.14. The summed E-state index contributed by atoms with van der Waals surface area (Å²) in [5.41, 5.74) is 0.305. The molecule has 3 aromatic rings. The molecule has 7 heteroatoms. The van der Waals surface area contributed by atoms with Crippen LogP contribution in [0.2, 0.25) is 5.02 Å². The smallest absolute Gasteiger partial charge is 0.354 e. The van der Waals surface area contributed by atoms with Gasteiger partial charge in [-0.15, -0.1) is 0 Å². The van der Waals surface area contributed by atoms with Crippen LogP contribution < -0.4 is 0 Å². The molecule has 124 valence electrons. The van der Waals surface area contributed by atoms with E-state index in [4.69, 9.17) is 11.6 Å². The van der Waals surface area contributed by atoms with Crippen LogP contribution in [0.4, 0.5) is 8.78 Å². The normalized spacial score (nSPS) is 10.2. The third-order valence-electron chi connectivity index (χ3n) is 3.30. The quantitative estimate of drug-likeness (QED) is 0.678. The van der Waals surface area contributed by atoms with E-state index in [-0.39, 0.29) is 27.8 Å². The highest BCUT2D eigenvalue weighted by Crippen LogP contribution is 2.22. The number of benzene rings is 2. The molecule has 1 aromatic heterocycles. The summed E-state index contributed by atoms with van der Waals surface area (Å²) in [7, 11) is 0. The van der Waals surface area contributed by atoms with E-state index in [1.165, 1.54) is 42.5 Å². The summed E-state index contributed by atoms with van der Waals surface area (Å²) in [4.78, 5) is 18.1. The Bertz CT molecular complexity index is 998. The molecule has 25 heavy (non-hydrogen) atoms. The topological polar surface area (TPSA) is 66.0 Å². The van der Waals surface area contributed by atoms with Crippen LogP contribution in [0.25, 0.3) is 11.3 Å². The molecule has 0 unspecified atom stereocenters. The first-order valence-electron chi connectivity index (χ1n) is 7.01. The largest absolute Gasteiger partial charge is 0.477 e. The van der Waals surface area contributed by atoms with Crippen molar-refractivity contribution in [3.05, 3.63) is 76.2 Å². The van der Waals surface area contributed by atoms with E-state index in [0.29, 0.717) is 5.56 Å². The molecule has 0 radical (unpaired) electrons. The number of carbonyl (C=O) groups is 1. The summed E-state index contributed by atoms with van der Waals surface area (Å²) in [6.07, 6.45) is 0. The van der Waals surface area contributed by atoms with Gasteiger partial charge in [-0.25, -0.2) is 18.6 Å². The van der Waals surface area contributed by atoms with Gasteiger partial charge in [0.25, 0.3) is 0 Å². The maximum absolute atomic E-state index is 13.7. The second-order valence-electron chi connectivity index (χ2n) is 4.97. The molecule has 3 rings (SSSR count). The summed E-state index contributed by atoms with van der Waals surface area (Å²) < 4.78 is 26.8. The molecule has 0 aliphatic heterocycles. The van der Waals surface area contributed by atoms with Crippen LogP contribution in [0.5, 0.6) is 0 Å². The Hall–Kier alpha value is -3.17. The lowest BCUT2D eigenvalue weighted by Gasteiger charge is -1.98. The zero-order chi connectivity index (χ0) is 18.0. The number of carboxylic acid groups (broad SMARTS) is 1. The van der Waals surface area contributed by atoms with Gasteiger partial charge in [0.1, 0.15) is 17.3 Å². The van der Waals surface area contributed by atoms with Crippen LogP contribution in [0.15, 0.2) is 42.5 Å². The molecule has 0 spiro atoms. The van der Waals surface area contributed by atoms with Crippen LogP contribution >= 0.6 is 11.6 Å². The average molecular weight is 359 g/mol. The van der Waals surface area contributed by atoms with Crippen molar-refractivity contribution in [2.24, 2.45) is 0 Å². The van der Waals surface area contributed by atoms with E-state index in [1.807, 2.05) is 0 Å². The molecule has 0 amide bonds. The standard InChI is InChI=1S/C18H9ClF2N2O2/c19-13-2-1-3-14(21)12(13)8-9-15-22-16(17(23-15)18(24)25)10-4-6-11(20)7-5-10/h1-7H,(H,22,23)(H,24,25). The Morgan fingerprint density at radius 2 is 1.84 bits per heavy atom. The van der Waals surface area contributed by atoms with Crippen molar-refractivity contribution >= 4 is 17.6 Å². The number of halogens is 3. The van der Waals surface area contributed by atoms with Crippen molar-refractivity contribution in [2.75, 3.05) is 0 Å². The Morgan fingerprint density at radius 3 is 2.48 bits per heavy atom. The minimum Gasteiger partial charge on any atom is -0.477 e. The van der Waals surface area contributed by atoms with E-state index in [2.05, 4.69) is 21.8 Å². The minimum absolute atomic E-state index is 0.0132. The SMILES string of the molecule is O=C(O)c1[nH]c(C#Cc2c(F)cccc2Cl)nc1-c1ccc(F)cc1. The Balaban J connectivity index is 2.05. The molecule has 2 aromatic carbocycles. The van der Waals surface area contributed by atoms with Gasteiger partial charge >= 0.3 is 5.97 Å². The van der Waals surface area contributed by atoms with Gasteiger partial charge in [0.15, 0.2) is 11.5 Å². The van der Waals surface area contributed by atoms with Crippen LogP contribution in [0.1, 0.15) is 21.9 Å². The molecule has 0 aliphatic carbocycles. The lowest BCUT2D eigenvalue weighted by molar-refractivity contribution is 0.0692. The fourth-order valence-corrected chi connectivity index (χ4v) is 2.35. The number of hydrogen-bond acceptors (Lipinski definition) is 2. The Kier molecular flexibility index (Phi) is 4.50. The third-order valence-corrected chi connectivity index (χ3v) is 3.62. The van der Waals surface area contributed by atoms with E-state index >= 15 is 0 Å². The fraction of sp³-hybridized carbons (Fsp3) is 0. The number of carboxylic acids is 1. The first kappa shape index (κ1) is 16.7.